The Bertz CT molecular complexity index is 1280. The average molecular weight is 498 g/mol. The molecule has 3 aromatic rings. The molecule has 1 fully saturated rings. The Morgan fingerprint density at radius 2 is 1.76 bits per heavy atom. The monoisotopic (exact) mass is 497 g/mol. The van der Waals surface area contributed by atoms with Crippen LogP contribution in [0, 0.1) is 0 Å². The third kappa shape index (κ3) is 4.77. The molecule has 11 heteroatoms. The maximum atomic E-state index is 13.9. The SMILES string of the molecule is O=C(Nc1cccc(S(=O)(=O)C2CCCC2)c1)c1cnn(-c2ccc(Cl)cc2)c1C(F)(F)F. The van der Waals surface area contributed by atoms with Crippen molar-refractivity contribution in [2.75, 3.05) is 5.32 Å². The van der Waals surface area contributed by atoms with Gasteiger partial charge in [0.25, 0.3) is 5.91 Å². The van der Waals surface area contributed by atoms with Crippen LogP contribution in [0.2, 0.25) is 5.02 Å². The smallest absolute Gasteiger partial charge is 0.322 e. The Morgan fingerprint density at radius 1 is 1.09 bits per heavy atom. The molecule has 1 amide bonds. The Hall–Kier alpha value is -2.85. The van der Waals surface area contributed by atoms with Gasteiger partial charge in [0.2, 0.25) is 0 Å². The summed E-state index contributed by atoms with van der Waals surface area (Å²) in [4.78, 5) is 12.8. The van der Waals surface area contributed by atoms with E-state index >= 15 is 0 Å². The van der Waals surface area contributed by atoms with Crippen LogP contribution in [0.1, 0.15) is 41.7 Å². The Balaban J connectivity index is 1.65. The van der Waals surface area contributed by atoms with Gasteiger partial charge in [-0.05, 0) is 55.3 Å². The summed E-state index contributed by atoms with van der Waals surface area (Å²) in [5.41, 5.74) is -1.79. The quantitative estimate of drug-likeness (QED) is 0.503. The minimum atomic E-state index is -4.88. The zero-order valence-corrected chi connectivity index (χ0v) is 18.7. The number of halogens is 4. The summed E-state index contributed by atoms with van der Waals surface area (Å²) in [5.74, 6) is -1.06. The van der Waals surface area contributed by atoms with Crippen molar-refractivity contribution in [2.24, 2.45) is 0 Å². The van der Waals surface area contributed by atoms with E-state index in [1.54, 1.807) is 0 Å². The molecule has 0 atom stereocenters. The highest BCUT2D eigenvalue weighted by molar-refractivity contribution is 7.92. The number of nitrogens with one attached hydrogen (secondary N) is 1. The number of sulfone groups is 1. The molecule has 6 nitrogen and oxygen atoms in total. The number of aromatic nitrogens is 2. The summed E-state index contributed by atoms with van der Waals surface area (Å²) < 4.78 is 67.8. The molecule has 2 aromatic carbocycles. The summed E-state index contributed by atoms with van der Waals surface area (Å²) in [6, 6.07) is 11.1. The van der Waals surface area contributed by atoms with Gasteiger partial charge in [-0.3, -0.25) is 4.79 Å². The maximum Gasteiger partial charge on any atom is 0.434 e. The van der Waals surface area contributed by atoms with Gasteiger partial charge >= 0.3 is 6.18 Å². The molecule has 1 saturated carbocycles. The van der Waals surface area contributed by atoms with Gasteiger partial charge in [-0.2, -0.15) is 18.3 Å². The standard InChI is InChI=1S/C22H19ClF3N3O3S/c23-14-8-10-16(11-9-14)29-20(22(24,25)26)19(13-27-29)21(30)28-15-4-3-7-18(12-15)33(31,32)17-5-1-2-6-17/h3-4,7-13,17H,1-2,5-6H2,(H,28,30). The second kappa shape index (κ2) is 8.83. The van der Waals surface area contributed by atoms with Crippen LogP contribution in [-0.2, 0) is 16.0 Å². The van der Waals surface area contributed by atoms with E-state index in [0.717, 1.165) is 19.0 Å². The Kier molecular flexibility index (Phi) is 6.24. The van der Waals surface area contributed by atoms with Gasteiger partial charge in [-0.25, -0.2) is 13.1 Å². The number of anilines is 1. The predicted molar refractivity (Wildman–Crippen MR) is 117 cm³/mol. The normalized spacial score (nSPS) is 15.0. The zero-order chi connectivity index (χ0) is 23.8. The zero-order valence-electron chi connectivity index (χ0n) is 17.1. The van der Waals surface area contributed by atoms with E-state index in [1.165, 1.54) is 48.5 Å². The van der Waals surface area contributed by atoms with Crippen LogP contribution < -0.4 is 5.32 Å². The second-order valence-electron chi connectivity index (χ2n) is 7.73. The van der Waals surface area contributed by atoms with Crippen LogP contribution in [-0.4, -0.2) is 29.4 Å². The number of nitrogens with zero attached hydrogens (tertiary/aromatic N) is 2. The molecule has 0 aliphatic heterocycles. The first kappa shape index (κ1) is 23.3. The van der Waals surface area contributed by atoms with E-state index in [-0.39, 0.29) is 16.3 Å². The highest BCUT2D eigenvalue weighted by atomic mass is 35.5. The molecule has 0 radical (unpaired) electrons. The molecular formula is C22H19ClF3N3O3S. The maximum absolute atomic E-state index is 13.9. The van der Waals surface area contributed by atoms with E-state index in [1.807, 2.05) is 0 Å². The van der Waals surface area contributed by atoms with Gasteiger partial charge in [-0.1, -0.05) is 30.5 Å². The fourth-order valence-corrected chi connectivity index (χ4v) is 5.93. The fourth-order valence-electron chi connectivity index (χ4n) is 3.91. The van der Waals surface area contributed by atoms with Crippen molar-refractivity contribution in [2.45, 2.75) is 42.0 Å². The van der Waals surface area contributed by atoms with Crippen molar-refractivity contribution in [3.05, 3.63) is 71.0 Å². The van der Waals surface area contributed by atoms with E-state index in [0.29, 0.717) is 22.5 Å². The Morgan fingerprint density at radius 3 is 2.39 bits per heavy atom. The van der Waals surface area contributed by atoms with Crippen LogP contribution in [0.15, 0.2) is 59.6 Å². The highest BCUT2D eigenvalue weighted by Crippen LogP contribution is 2.35. The number of hydrogen-bond acceptors (Lipinski definition) is 4. The lowest BCUT2D eigenvalue weighted by Gasteiger charge is -2.14. The molecule has 4 rings (SSSR count). The number of rotatable bonds is 5. The van der Waals surface area contributed by atoms with Gasteiger partial charge in [0.1, 0.15) is 0 Å². The predicted octanol–water partition coefficient (Wildman–Crippen LogP) is 5.51. The van der Waals surface area contributed by atoms with Crippen molar-refractivity contribution >= 4 is 33.0 Å². The summed E-state index contributed by atoms with van der Waals surface area (Å²) in [5, 5.41) is 5.97. The van der Waals surface area contributed by atoms with Gasteiger partial charge in [-0.15, -0.1) is 0 Å². The van der Waals surface area contributed by atoms with Crippen LogP contribution in [0.25, 0.3) is 5.69 Å². The molecule has 1 aliphatic carbocycles. The minimum Gasteiger partial charge on any atom is -0.322 e. The van der Waals surface area contributed by atoms with E-state index in [9.17, 15) is 26.4 Å². The van der Waals surface area contributed by atoms with E-state index < -0.39 is 38.4 Å². The lowest BCUT2D eigenvalue weighted by Crippen LogP contribution is -2.21. The average Bonchev–Trinajstić information content (AvgIpc) is 3.45. The molecule has 174 valence electrons. The van der Waals surface area contributed by atoms with Gasteiger partial charge in [0.15, 0.2) is 15.5 Å². The lowest BCUT2D eigenvalue weighted by atomic mass is 10.2. The molecule has 1 heterocycles. The molecule has 1 N–H and O–H groups in total. The number of carbonyl (C=O) groups excluding carboxylic acids is 1. The van der Waals surface area contributed by atoms with Crippen LogP contribution in [0.3, 0.4) is 0 Å². The topological polar surface area (TPSA) is 81.1 Å². The van der Waals surface area contributed by atoms with Gasteiger partial charge < -0.3 is 5.32 Å². The molecule has 0 saturated heterocycles. The molecule has 0 spiro atoms. The largest absolute Gasteiger partial charge is 0.434 e. The van der Waals surface area contributed by atoms with Gasteiger partial charge in [0.05, 0.1) is 27.6 Å². The molecule has 0 bridgehead atoms. The van der Waals surface area contributed by atoms with Crippen molar-refractivity contribution in [1.29, 1.82) is 0 Å². The molecule has 1 aliphatic rings. The van der Waals surface area contributed by atoms with Gasteiger partial charge in [0, 0.05) is 10.7 Å². The number of amides is 1. The number of hydrogen-bond donors (Lipinski definition) is 1. The molecule has 1 aromatic heterocycles. The van der Waals surface area contributed by atoms with Crippen LogP contribution in [0.4, 0.5) is 18.9 Å². The van der Waals surface area contributed by atoms with E-state index in [2.05, 4.69) is 10.4 Å². The van der Waals surface area contributed by atoms with E-state index in [4.69, 9.17) is 11.6 Å². The number of carbonyl (C=O) groups is 1. The lowest BCUT2D eigenvalue weighted by molar-refractivity contribution is -0.143. The second-order valence-corrected chi connectivity index (χ2v) is 10.4. The summed E-state index contributed by atoms with van der Waals surface area (Å²) >= 11 is 5.80. The summed E-state index contributed by atoms with van der Waals surface area (Å²) in [7, 11) is -3.59. The molecule has 33 heavy (non-hydrogen) atoms. The van der Waals surface area contributed by atoms with Crippen molar-refractivity contribution in [1.82, 2.24) is 9.78 Å². The van der Waals surface area contributed by atoms with Crippen molar-refractivity contribution in [3.8, 4) is 5.69 Å². The third-order valence-corrected chi connectivity index (χ3v) is 8.03. The fraction of sp³-hybridized carbons (Fsp3) is 0.273. The Labute approximate surface area is 193 Å². The van der Waals surface area contributed by atoms with Crippen molar-refractivity contribution in [3.63, 3.8) is 0 Å². The number of benzene rings is 2. The number of alkyl halides is 3. The summed E-state index contributed by atoms with van der Waals surface area (Å²) in [6.07, 6.45) is -1.26. The third-order valence-electron chi connectivity index (χ3n) is 5.52. The summed E-state index contributed by atoms with van der Waals surface area (Å²) in [6.45, 7) is 0. The molecule has 0 unspecified atom stereocenters. The minimum absolute atomic E-state index is 0.0279. The first-order chi connectivity index (χ1) is 15.6. The first-order valence-corrected chi connectivity index (χ1v) is 12.1. The highest BCUT2D eigenvalue weighted by Gasteiger charge is 2.40. The van der Waals surface area contributed by atoms with Crippen molar-refractivity contribution < 1.29 is 26.4 Å². The molecular weight excluding hydrogens is 479 g/mol. The van der Waals surface area contributed by atoms with Crippen LogP contribution in [0.5, 0.6) is 0 Å². The first-order valence-electron chi connectivity index (χ1n) is 10.1. The van der Waals surface area contributed by atoms with Crippen LogP contribution >= 0.6 is 11.6 Å².